The summed E-state index contributed by atoms with van der Waals surface area (Å²) < 4.78 is 4.61. The Morgan fingerprint density at radius 2 is 1.90 bits per heavy atom. The number of rotatable bonds is 6. The monoisotopic (exact) mass is 288 g/mol. The number of ether oxygens (including phenoxy) is 1. The summed E-state index contributed by atoms with van der Waals surface area (Å²) in [5.74, 6) is -1.13. The second kappa shape index (κ2) is 7.80. The Bertz CT molecular complexity index is 572. The van der Waals surface area contributed by atoms with Crippen molar-refractivity contribution in [2.24, 2.45) is 0 Å². The van der Waals surface area contributed by atoms with E-state index in [9.17, 15) is 14.4 Å². The summed E-state index contributed by atoms with van der Waals surface area (Å²) in [4.78, 5) is 34.6. The molecule has 0 radical (unpaired) electrons. The van der Waals surface area contributed by atoms with Gasteiger partial charge in [0, 0.05) is 12.0 Å². The van der Waals surface area contributed by atoms with Crippen LogP contribution < -0.4 is 5.32 Å². The van der Waals surface area contributed by atoms with E-state index >= 15 is 0 Å². The summed E-state index contributed by atoms with van der Waals surface area (Å²) >= 11 is 0. The molecular weight excluding hydrogens is 272 g/mol. The first-order chi connectivity index (χ1) is 9.97. The number of carbonyl (C=O) groups is 3. The van der Waals surface area contributed by atoms with Crippen molar-refractivity contribution >= 4 is 17.7 Å². The fourth-order valence-corrected chi connectivity index (χ4v) is 1.68. The summed E-state index contributed by atoms with van der Waals surface area (Å²) in [5, 5.41) is 11.2. The van der Waals surface area contributed by atoms with Crippen LogP contribution in [0.1, 0.15) is 35.7 Å². The van der Waals surface area contributed by atoms with Gasteiger partial charge in [-0.05, 0) is 37.6 Å². The molecule has 0 saturated heterocycles. The topological polar surface area (TPSA) is 96.3 Å². The molecule has 1 aromatic carbocycles. The van der Waals surface area contributed by atoms with Gasteiger partial charge in [0.25, 0.3) is 5.91 Å². The van der Waals surface area contributed by atoms with Crippen molar-refractivity contribution in [2.45, 2.75) is 25.8 Å². The maximum Gasteiger partial charge on any atom is 0.328 e. The summed E-state index contributed by atoms with van der Waals surface area (Å²) in [6.45, 7) is 1.41. The first kappa shape index (κ1) is 16.4. The Kier molecular flexibility index (Phi) is 6.08. The molecule has 1 aromatic rings. The summed E-state index contributed by atoms with van der Waals surface area (Å²) in [7, 11) is 1.22. The molecule has 0 spiro atoms. The number of esters is 1. The Balaban J connectivity index is 2.76. The zero-order valence-electron chi connectivity index (χ0n) is 11.9. The fourth-order valence-electron chi connectivity index (χ4n) is 1.68. The van der Waals surface area contributed by atoms with E-state index in [1.807, 2.05) is 6.07 Å². The lowest BCUT2D eigenvalue weighted by atomic mass is 10.1. The smallest absolute Gasteiger partial charge is 0.328 e. The molecule has 0 aliphatic rings. The molecule has 1 amide bonds. The highest BCUT2D eigenvalue weighted by Crippen LogP contribution is 2.06. The van der Waals surface area contributed by atoms with Gasteiger partial charge in [0.1, 0.15) is 11.8 Å². The van der Waals surface area contributed by atoms with Gasteiger partial charge < -0.3 is 14.8 Å². The number of ketones is 1. The molecule has 1 N–H and O–H groups in total. The van der Waals surface area contributed by atoms with Crippen LogP contribution in [0.4, 0.5) is 0 Å². The second-order valence-corrected chi connectivity index (χ2v) is 4.48. The van der Waals surface area contributed by atoms with Crippen LogP contribution in [-0.4, -0.2) is 30.8 Å². The maximum absolute atomic E-state index is 12.0. The molecule has 0 aromatic heterocycles. The number of carbonyl (C=O) groups excluding carboxylic acids is 3. The lowest BCUT2D eigenvalue weighted by Crippen LogP contribution is -2.41. The van der Waals surface area contributed by atoms with Crippen LogP contribution in [0, 0.1) is 11.3 Å². The average Bonchev–Trinajstić information content (AvgIpc) is 2.50. The predicted molar refractivity (Wildman–Crippen MR) is 74.3 cm³/mol. The molecule has 1 rings (SSSR count). The quantitative estimate of drug-likeness (QED) is 0.793. The highest BCUT2D eigenvalue weighted by molar-refractivity contribution is 5.97. The van der Waals surface area contributed by atoms with Gasteiger partial charge in [-0.25, -0.2) is 4.79 Å². The van der Waals surface area contributed by atoms with Gasteiger partial charge in [-0.1, -0.05) is 0 Å². The molecule has 0 heterocycles. The van der Waals surface area contributed by atoms with Crippen LogP contribution in [0.15, 0.2) is 24.3 Å². The molecule has 0 saturated carbocycles. The van der Waals surface area contributed by atoms with Crippen molar-refractivity contribution in [3.05, 3.63) is 35.4 Å². The van der Waals surface area contributed by atoms with Gasteiger partial charge in [0.2, 0.25) is 0 Å². The average molecular weight is 288 g/mol. The van der Waals surface area contributed by atoms with E-state index < -0.39 is 17.9 Å². The number of nitrogens with one attached hydrogen (secondary N) is 1. The summed E-state index contributed by atoms with van der Waals surface area (Å²) in [6, 6.07) is 7.09. The molecule has 0 bridgehead atoms. The van der Waals surface area contributed by atoms with E-state index in [1.165, 1.54) is 38.3 Å². The number of nitriles is 1. The standard InChI is InChI=1S/C15H16N2O4/c1-10(18)3-8-13(15(20)21-2)17-14(19)12-6-4-11(9-16)5-7-12/h4-7,13H,3,8H2,1-2H3,(H,17,19)/t13-/m1/s1. The van der Waals surface area contributed by atoms with Crippen LogP contribution >= 0.6 is 0 Å². The van der Waals surface area contributed by atoms with E-state index in [1.54, 1.807) is 0 Å². The lowest BCUT2D eigenvalue weighted by Gasteiger charge is -2.15. The number of amides is 1. The van der Waals surface area contributed by atoms with Crippen molar-refractivity contribution in [1.29, 1.82) is 5.26 Å². The molecule has 0 unspecified atom stereocenters. The minimum atomic E-state index is -0.873. The number of methoxy groups -OCH3 is 1. The lowest BCUT2D eigenvalue weighted by molar-refractivity contribution is -0.143. The molecule has 0 aliphatic heterocycles. The molecule has 0 fully saturated rings. The van der Waals surface area contributed by atoms with Crippen LogP contribution in [0.25, 0.3) is 0 Å². The first-order valence-corrected chi connectivity index (χ1v) is 6.36. The van der Waals surface area contributed by atoms with Gasteiger partial charge in [0.05, 0.1) is 18.7 Å². The predicted octanol–water partition coefficient (Wildman–Crippen LogP) is 1.20. The second-order valence-electron chi connectivity index (χ2n) is 4.48. The fraction of sp³-hybridized carbons (Fsp3) is 0.333. The van der Waals surface area contributed by atoms with Gasteiger partial charge in [-0.2, -0.15) is 5.26 Å². The van der Waals surface area contributed by atoms with Crippen molar-refractivity contribution < 1.29 is 19.1 Å². The van der Waals surface area contributed by atoms with Gasteiger partial charge in [0.15, 0.2) is 0 Å². The van der Waals surface area contributed by atoms with E-state index in [0.29, 0.717) is 11.1 Å². The van der Waals surface area contributed by atoms with Crippen LogP contribution in [0.2, 0.25) is 0 Å². The number of Topliss-reactive ketones (excluding diaryl/α,β-unsaturated/α-hetero) is 1. The maximum atomic E-state index is 12.0. The van der Waals surface area contributed by atoms with E-state index in [2.05, 4.69) is 10.1 Å². The molecule has 6 nitrogen and oxygen atoms in total. The van der Waals surface area contributed by atoms with Gasteiger partial charge >= 0.3 is 5.97 Å². The molecule has 21 heavy (non-hydrogen) atoms. The summed E-state index contributed by atoms with van der Waals surface area (Å²) in [6.07, 6.45) is 0.359. The van der Waals surface area contributed by atoms with E-state index in [0.717, 1.165) is 0 Å². The van der Waals surface area contributed by atoms with Crippen LogP contribution in [0.3, 0.4) is 0 Å². The normalized spacial score (nSPS) is 11.1. The van der Waals surface area contributed by atoms with Crippen molar-refractivity contribution in [3.8, 4) is 6.07 Å². The van der Waals surface area contributed by atoms with Crippen LogP contribution in [-0.2, 0) is 14.3 Å². The number of benzene rings is 1. The minimum Gasteiger partial charge on any atom is -0.467 e. The Labute approximate surface area is 122 Å². The molecule has 1 atom stereocenters. The molecule has 110 valence electrons. The largest absolute Gasteiger partial charge is 0.467 e. The summed E-state index contributed by atoms with van der Waals surface area (Å²) in [5.41, 5.74) is 0.762. The third-order valence-electron chi connectivity index (χ3n) is 2.85. The highest BCUT2D eigenvalue weighted by Gasteiger charge is 2.22. The number of hydrogen-bond acceptors (Lipinski definition) is 5. The Hall–Kier alpha value is -2.68. The Morgan fingerprint density at radius 1 is 1.29 bits per heavy atom. The van der Waals surface area contributed by atoms with Gasteiger partial charge in [-0.15, -0.1) is 0 Å². The third kappa shape index (κ3) is 5.07. The number of hydrogen-bond donors (Lipinski definition) is 1. The van der Waals surface area contributed by atoms with E-state index in [4.69, 9.17) is 5.26 Å². The van der Waals surface area contributed by atoms with Gasteiger partial charge in [-0.3, -0.25) is 4.79 Å². The molecule has 0 aliphatic carbocycles. The van der Waals surface area contributed by atoms with E-state index in [-0.39, 0.29) is 18.6 Å². The number of nitrogens with zero attached hydrogens (tertiary/aromatic N) is 1. The molecule has 6 heteroatoms. The van der Waals surface area contributed by atoms with Crippen molar-refractivity contribution in [1.82, 2.24) is 5.32 Å². The molecular formula is C15H16N2O4. The zero-order chi connectivity index (χ0) is 15.8. The van der Waals surface area contributed by atoms with Crippen molar-refractivity contribution in [3.63, 3.8) is 0 Å². The zero-order valence-corrected chi connectivity index (χ0v) is 11.9. The third-order valence-corrected chi connectivity index (χ3v) is 2.85. The Morgan fingerprint density at radius 3 is 2.38 bits per heavy atom. The minimum absolute atomic E-state index is 0.0727. The highest BCUT2D eigenvalue weighted by atomic mass is 16.5. The van der Waals surface area contributed by atoms with Crippen molar-refractivity contribution in [2.75, 3.05) is 7.11 Å². The SMILES string of the molecule is COC(=O)[C@@H](CCC(C)=O)NC(=O)c1ccc(C#N)cc1. The van der Waals surface area contributed by atoms with Crippen LogP contribution in [0.5, 0.6) is 0 Å². The first-order valence-electron chi connectivity index (χ1n) is 6.36.